The molecule has 0 aliphatic heterocycles. The first-order valence-electron chi connectivity index (χ1n) is 6.83. The number of nitrogens with one attached hydrogen (secondary N) is 2. The number of thiazole rings is 1. The fourth-order valence-electron chi connectivity index (χ4n) is 1.72. The van der Waals surface area contributed by atoms with Crippen molar-refractivity contribution in [1.82, 2.24) is 10.3 Å². The molecule has 0 aliphatic carbocycles. The summed E-state index contributed by atoms with van der Waals surface area (Å²) in [6.07, 6.45) is 1.17. The molecule has 1 rings (SSSR count). The van der Waals surface area contributed by atoms with E-state index in [0.717, 1.165) is 24.3 Å². The summed E-state index contributed by atoms with van der Waals surface area (Å²) in [7, 11) is 3.18. The van der Waals surface area contributed by atoms with Crippen molar-refractivity contribution in [2.45, 2.75) is 39.0 Å². The molecule has 0 aromatic carbocycles. The van der Waals surface area contributed by atoms with Crippen molar-refractivity contribution in [2.24, 2.45) is 0 Å². The molecule has 0 unspecified atom stereocenters. The van der Waals surface area contributed by atoms with Crippen LogP contribution in [0.1, 0.15) is 49.0 Å². The number of esters is 1. The van der Waals surface area contributed by atoms with Crippen LogP contribution in [-0.2, 0) is 14.9 Å². The lowest BCUT2D eigenvalue weighted by molar-refractivity contribution is -0.116. The molecule has 0 atom stereocenters. The van der Waals surface area contributed by atoms with E-state index in [1.807, 2.05) is 27.8 Å². The van der Waals surface area contributed by atoms with Gasteiger partial charge in [-0.15, -0.1) is 12.4 Å². The molecule has 0 fully saturated rings. The van der Waals surface area contributed by atoms with Crippen molar-refractivity contribution in [3.05, 3.63) is 10.6 Å². The molecule has 8 heteroatoms. The standard InChI is InChI=1S/C14H23N3O3S.ClH/c1-14(2,3)11-10(12(19)20-5)21-13(17-11)16-9(18)7-6-8-15-4;/h15H,6-8H2,1-5H3,(H,16,17,18);1H. The number of amides is 1. The van der Waals surface area contributed by atoms with Crippen molar-refractivity contribution in [3.8, 4) is 0 Å². The number of halogens is 1. The van der Waals surface area contributed by atoms with E-state index in [4.69, 9.17) is 4.74 Å². The highest BCUT2D eigenvalue weighted by Crippen LogP contribution is 2.32. The van der Waals surface area contributed by atoms with Gasteiger partial charge in [0.05, 0.1) is 12.8 Å². The van der Waals surface area contributed by atoms with Gasteiger partial charge < -0.3 is 15.4 Å². The van der Waals surface area contributed by atoms with Crippen LogP contribution in [0, 0.1) is 0 Å². The summed E-state index contributed by atoms with van der Waals surface area (Å²) in [6.45, 7) is 6.68. The molecule has 6 nitrogen and oxygen atoms in total. The first kappa shape index (κ1) is 20.8. The zero-order chi connectivity index (χ0) is 16.0. The third-order valence-corrected chi connectivity index (χ3v) is 3.74. The quantitative estimate of drug-likeness (QED) is 0.609. The average molecular weight is 350 g/mol. The molecule has 126 valence electrons. The van der Waals surface area contributed by atoms with Crippen LogP contribution in [0.25, 0.3) is 0 Å². The number of methoxy groups -OCH3 is 1. The Hall–Kier alpha value is -1.18. The van der Waals surface area contributed by atoms with Gasteiger partial charge in [-0.1, -0.05) is 32.1 Å². The van der Waals surface area contributed by atoms with Gasteiger partial charge in [0.2, 0.25) is 5.91 Å². The minimum absolute atomic E-state index is 0. The highest BCUT2D eigenvalue weighted by Gasteiger charge is 2.28. The zero-order valence-corrected chi connectivity index (χ0v) is 15.2. The van der Waals surface area contributed by atoms with Gasteiger partial charge in [0.15, 0.2) is 5.13 Å². The number of carbonyl (C=O) groups is 2. The van der Waals surface area contributed by atoms with Gasteiger partial charge in [-0.2, -0.15) is 0 Å². The second-order valence-electron chi connectivity index (χ2n) is 5.69. The molecule has 0 saturated carbocycles. The van der Waals surface area contributed by atoms with Crippen molar-refractivity contribution in [3.63, 3.8) is 0 Å². The molecule has 1 amide bonds. The highest BCUT2D eigenvalue weighted by molar-refractivity contribution is 7.17. The molecule has 22 heavy (non-hydrogen) atoms. The summed E-state index contributed by atoms with van der Waals surface area (Å²) in [6, 6.07) is 0. The molecule has 2 N–H and O–H groups in total. The van der Waals surface area contributed by atoms with Crippen LogP contribution in [0.4, 0.5) is 5.13 Å². The molecule has 0 spiro atoms. The first-order chi connectivity index (χ1) is 9.79. The number of ether oxygens (including phenoxy) is 1. The van der Waals surface area contributed by atoms with E-state index in [-0.39, 0.29) is 23.7 Å². The third kappa shape index (κ3) is 5.90. The van der Waals surface area contributed by atoms with E-state index in [1.54, 1.807) is 0 Å². The largest absolute Gasteiger partial charge is 0.465 e. The summed E-state index contributed by atoms with van der Waals surface area (Å²) < 4.78 is 4.78. The topological polar surface area (TPSA) is 80.3 Å². The van der Waals surface area contributed by atoms with Gasteiger partial charge in [0, 0.05) is 11.8 Å². The number of nitrogens with zero attached hydrogens (tertiary/aromatic N) is 1. The second kappa shape index (κ2) is 9.07. The van der Waals surface area contributed by atoms with Crippen molar-refractivity contribution >= 4 is 40.8 Å². The van der Waals surface area contributed by atoms with Crippen LogP contribution < -0.4 is 10.6 Å². The van der Waals surface area contributed by atoms with Crippen molar-refractivity contribution < 1.29 is 14.3 Å². The van der Waals surface area contributed by atoms with Gasteiger partial charge >= 0.3 is 5.97 Å². The smallest absolute Gasteiger partial charge is 0.350 e. The lowest BCUT2D eigenvalue weighted by Crippen LogP contribution is -2.17. The molecule has 0 saturated heterocycles. The lowest BCUT2D eigenvalue weighted by atomic mass is 9.91. The monoisotopic (exact) mass is 349 g/mol. The maximum absolute atomic E-state index is 11.8. The molecular weight excluding hydrogens is 326 g/mol. The second-order valence-corrected chi connectivity index (χ2v) is 6.69. The first-order valence-corrected chi connectivity index (χ1v) is 7.65. The molecule has 1 heterocycles. The van der Waals surface area contributed by atoms with E-state index < -0.39 is 5.97 Å². The fraction of sp³-hybridized carbons (Fsp3) is 0.643. The van der Waals surface area contributed by atoms with Crippen LogP contribution in [0.3, 0.4) is 0 Å². The van der Waals surface area contributed by atoms with Crippen LogP contribution in [0.2, 0.25) is 0 Å². The Labute approximate surface area is 141 Å². The molecule has 0 aliphatic rings. The number of hydrogen-bond acceptors (Lipinski definition) is 6. The van der Waals surface area contributed by atoms with Crippen LogP contribution in [0.5, 0.6) is 0 Å². The summed E-state index contributed by atoms with van der Waals surface area (Å²) in [5.74, 6) is -0.524. The predicted molar refractivity (Wildman–Crippen MR) is 91.2 cm³/mol. The number of rotatable bonds is 6. The van der Waals surface area contributed by atoms with Crippen LogP contribution in [-0.4, -0.2) is 37.6 Å². The Balaban J connectivity index is 0.00000441. The summed E-state index contributed by atoms with van der Waals surface area (Å²) in [5, 5.41) is 6.17. The fourth-order valence-corrected chi connectivity index (χ4v) is 2.83. The molecule has 1 aromatic heterocycles. The van der Waals surface area contributed by atoms with E-state index in [9.17, 15) is 9.59 Å². The number of carbonyl (C=O) groups excluding carboxylic acids is 2. The Morgan fingerprint density at radius 2 is 1.95 bits per heavy atom. The maximum Gasteiger partial charge on any atom is 0.350 e. The van der Waals surface area contributed by atoms with E-state index in [0.29, 0.717) is 22.1 Å². The highest BCUT2D eigenvalue weighted by atomic mass is 35.5. The molecule has 0 radical (unpaired) electrons. The minimum atomic E-state index is -0.423. The normalized spacial score (nSPS) is 10.8. The summed E-state index contributed by atoms with van der Waals surface area (Å²) in [4.78, 5) is 28.5. The van der Waals surface area contributed by atoms with Crippen LogP contribution in [0.15, 0.2) is 0 Å². The number of hydrogen-bond donors (Lipinski definition) is 2. The van der Waals surface area contributed by atoms with E-state index in [1.165, 1.54) is 7.11 Å². The van der Waals surface area contributed by atoms with E-state index >= 15 is 0 Å². The van der Waals surface area contributed by atoms with Crippen molar-refractivity contribution in [1.29, 1.82) is 0 Å². The van der Waals surface area contributed by atoms with Crippen molar-refractivity contribution in [2.75, 3.05) is 26.0 Å². The van der Waals surface area contributed by atoms with Gasteiger partial charge in [-0.3, -0.25) is 4.79 Å². The zero-order valence-electron chi connectivity index (χ0n) is 13.6. The molecule has 0 bridgehead atoms. The predicted octanol–water partition coefficient (Wildman–Crippen LogP) is 2.59. The number of aromatic nitrogens is 1. The minimum Gasteiger partial charge on any atom is -0.465 e. The van der Waals surface area contributed by atoms with Gasteiger partial charge in [-0.25, -0.2) is 9.78 Å². The lowest BCUT2D eigenvalue weighted by Gasteiger charge is -2.16. The Morgan fingerprint density at radius 1 is 1.32 bits per heavy atom. The Kier molecular flexibility index (Phi) is 8.58. The molecular formula is C14H24ClN3O3S. The third-order valence-electron chi connectivity index (χ3n) is 2.79. The van der Waals surface area contributed by atoms with Crippen LogP contribution >= 0.6 is 23.7 Å². The van der Waals surface area contributed by atoms with E-state index in [2.05, 4.69) is 15.6 Å². The average Bonchev–Trinajstić information content (AvgIpc) is 2.82. The van der Waals surface area contributed by atoms with Gasteiger partial charge in [-0.05, 0) is 20.0 Å². The SMILES string of the molecule is CNCCCC(=O)Nc1nc(C(C)(C)C)c(C(=O)OC)s1.Cl. The summed E-state index contributed by atoms with van der Waals surface area (Å²) >= 11 is 1.15. The maximum atomic E-state index is 11.8. The molecule has 1 aromatic rings. The van der Waals surface area contributed by atoms with Gasteiger partial charge in [0.1, 0.15) is 4.88 Å². The Morgan fingerprint density at radius 3 is 2.45 bits per heavy atom. The van der Waals surface area contributed by atoms with Gasteiger partial charge in [0.25, 0.3) is 0 Å². The summed E-state index contributed by atoms with van der Waals surface area (Å²) in [5.41, 5.74) is 0.347. The Bertz CT molecular complexity index is 512. The number of anilines is 1.